The highest BCUT2D eigenvalue weighted by Gasteiger charge is 2.53. The molecule has 0 N–H and O–H groups in total. The Balaban J connectivity index is 1.17. The molecule has 8 aromatic carbocycles. The second-order valence-electron chi connectivity index (χ2n) is 15.7. The summed E-state index contributed by atoms with van der Waals surface area (Å²) in [6.45, 7) is 4.75. The first-order chi connectivity index (χ1) is 27.5. The molecular weight excluding hydrogens is 677 g/mol. The van der Waals surface area contributed by atoms with Crippen LogP contribution in [0.5, 0.6) is 0 Å². The molecule has 2 aliphatic rings. The first-order valence-corrected chi connectivity index (χ1v) is 19.5. The number of aromatic nitrogens is 2. The highest BCUT2D eigenvalue weighted by molar-refractivity contribution is 6.05. The number of hydrogen-bond acceptors (Lipinski definition) is 2. The van der Waals surface area contributed by atoms with Gasteiger partial charge in [-0.3, -0.25) is 0 Å². The average molecular weight is 715 g/mol. The van der Waals surface area contributed by atoms with Crippen LogP contribution in [0.25, 0.3) is 66.9 Å². The minimum Gasteiger partial charge on any atom is -0.228 e. The Morgan fingerprint density at radius 2 is 0.804 bits per heavy atom. The normalized spacial score (nSPS) is 14.2. The van der Waals surface area contributed by atoms with E-state index in [1.54, 1.807) is 0 Å². The molecule has 0 saturated carbocycles. The molecule has 0 saturated heterocycles. The van der Waals surface area contributed by atoms with Crippen molar-refractivity contribution >= 4 is 10.8 Å². The van der Waals surface area contributed by atoms with E-state index in [2.05, 4.69) is 202 Å². The van der Waals surface area contributed by atoms with Crippen molar-refractivity contribution in [1.29, 1.82) is 0 Å². The molecule has 2 aliphatic carbocycles. The van der Waals surface area contributed by atoms with Gasteiger partial charge in [-0.25, -0.2) is 9.97 Å². The van der Waals surface area contributed by atoms with Crippen LogP contribution in [0.4, 0.5) is 0 Å². The van der Waals surface area contributed by atoms with Crippen LogP contribution in [0, 0.1) is 0 Å². The fraction of sp³-hybridized carbons (Fsp3) is 0.0741. The van der Waals surface area contributed by atoms with Gasteiger partial charge in [-0.15, -0.1) is 0 Å². The minimum absolute atomic E-state index is 0.154. The summed E-state index contributed by atoms with van der Waals surface area (Å²) in [4.78, 5) is 10.7. The summed E-state index contributed by atoms with van der Waals surface area (Å²) in [6, 6.07) is 70.7. The Kier molecular flexibility index (Phi) is 7.15. The molecule has 56 heavy (non-hydrogen) atoms. The maximum absolute atomic E-state index is 5.35. The number of rotatable bonds is 4. The van der Waals surface area contributed by atoms with Gasteiger partial charge in [-0.2, -0.15) is 0 Å². The molecule has 0 aliphatic heterocycles. The van der Waals surface area contributed by atoms with Gasteiger partial charge in [0.1, 0.15) is 0 Å². The maximum atomic E-state index is 5.35. The van der Waals surface area contributed by atoms with E-state index in [9.17, 15) is 0 Å². The van der Waals surface area contributed by atoms with Gasteiger partial charge in [0, 0.05) is 22.1 Å². The van der Waals surface area contributed by atoms with Crippen molar-refractivity contribution in [3.05, 3.63) is 228 Å². The molecule has 0 fully saturated rings. The van der Waals surface area contributed by atoms with Crippen LogP contribution >= 0.6 is 0 Å². The molecule has 0 bridgehead atoms. The van der Waals surface area contributed by atoms with Crippen molar-refractivity contribution in [2.24, 2.45) is 0 Å². The number of fused-ring (bicyclic) bond motifs is 10. The monoisotopic (exact) mass is 714 g/mol. The van der Waals surface area contributed by atoms with Crippen molar-refractivity contribution in [3.8, 4) is 56.2 Å². The maximum Gasteiger partial charge on any atom is 0.160 e. The van der Waals surface area contributed by atoms with Crippen molar-refractivity contribution in [1.82, 2.24) is 9.97 Å². The smallest absolute Gasteiger partial charge is 0.160 e. The van der Waals surface area contributed by atoms with Crippen molar-refractivity contribution in [2.45, 2.75) is 24.7 Å². The molecule has 0 radical (unpaired) electrons. The lowest BCUT2D eigenvalue weighted by Crippen LogP contribution is -2.40. The van der Waals surface area contributed by atoms with Gasteiger partial charge < -0.3 is 0 Å². The first-order valence-electron chi connectivity index (χ1n) is 19.5. The molecule has 0 unspecified atom stereocenters. The van der Waals surface area contributed by atoms with Crippen LogP contribution in [-0.2, 0) is 10.8 Å². The van der Waals surface area contributed by atoms with Gasteiger partial charge in [0.05, 0.1) is 16.8 Å². The molecule has 9 aromatic rings. The summed E-state index contributed by atoms with van der Waals surface area (Å²) in [5.74, 6) is 0.711. The van der Waals surface area contributed by atoms with Crippen LogP contribution in [0.15, 0.2) is 194 Å². The fourth-order valence-electron chi connectivity index (χ4n) is 9.86. The summed E-state index contributed by atoms with van der Waals surface area (Å²) in [5.41, 5.74) is 17.4. The van der Waals surface area contributed by atoms with Crippen molar-refractivity contribution in [2.75, 3.05) is 0 Å². The highest BCUT2D eigenvalue weighted by Crippen LogP contribution is 2.62. The molecule has 264 valence electrons. The number of benzene rings is 8. The van der Waals surface area contributed by atoms with E-state index >= 15 is 0 Å². The molecule has 0 atom stereocenters. The molecule has 1 aromatic heterocycles. The quantitative estimate of drug-likeness (QED) is 0.181. The molecule has 2 nitrogen and oxygen atoms in total. The van der Waals surface area contributed by atoms with Crippen LogP contribution in [-0.4, -0.2) is 9.97 Å². The van der Waals surface area contributed by atoms with Crippen LogP contribution < -0.4 is 0 Å². The third-order valence-corrected chi connectivity index (χ3v) is 12.4. The van der Waals surface area contributed by atoms with Gasteiger partial charge in [0.15, 0.2) is 5.82 Å². The van der Waals surface area contributed by atoms with Gasteiger partial charge in [-0.1, -0.05) is 196 Å². The van der Waals surface area contributed by atoms with Crippen LogP contribution in [0.1, 0.15) is 47.2 Å². The van der Waals surface area contributed by atoms with E-state index in [1.165, 1.54) is 66.4 Å². The van der Waals surface area contributed by atoms with Crippen LogP contribution in [0.2, 0.25) is 0 Å². The van der Waals surface area contributed by atoms with Gasteiger partial charge in [0.2, 0.25) is 0 Å². The zero-order valence-electron chi connectivity index (χ0n) is 31.4. The Morgan fingerprint density at radius 1 is 0.321 bits per heavy atom. The van der Waals surface area contributed by atoms with Crippen LogP contribution in [0.3, 0.4) is 0 Å². The van der Waals surface area contributed by atoms with E-state index in [-0.39, 0.29) is 5.41 Å². The standard InChI is InChI=1S/C54H38N2/c1-53(2)45-25-13-15-27-47(45)54(48-28-16-14-26-46(48)53)44-24-12-11-23-41(44)42-30-29-37(33-49(42)54)50-34-51(56-52(55-50)36-19-7-4-8-20-36)43-32-31-38(35-17-5-3-6-18-35)39-21-9-10-22-40(39)43/h3-34H,1-2H3. The Labute approximate surface area is 327 Å². The lowest BCUT2D eigenvalue weighted by molar-refractivity contribution is 0.563. The molecule has 0 amide bonds. The predicted molar refractivity (Wildman–Crippen MR) is 231 cm³/mol. The Hall–Kier alpha value is -6.90. The molecule has 1 spiro atoms. The molecular formula is C54H38N2. The second-order valence-corrected chi connectivity index (χ2v) is 15.7. The topological polar surface area (TPSA) is 25.8 Å². The van der Waals surface area contributed by atoms with Crippen molar-refractivity contribution in [3.63, 3.8) is 0 Å². The van der Waals surface area contributed by atoms with Gasteiger partial charge in [-0.05, 0) is 78.5 Å². The summed E-state index contributed by atoms with van der Waals surface area (Å²) in [7, 11) is 0. The van der Waals surface area contributed by atoms with E-state index in [0.29, 0.717) is 5.82 Å². The minimum atomic E-state index is -0.480. The summed E-state index contributed by atoms with van der Waals surface area (Å²) in [5, 5.41) is 2.37. The van der Waals surface area contributed by atoms with E-state index < -0.39 is 5.41 Å². The fourth-order valence-corrected chi connectivity index (χ4v) is 9.86. The number of hydrogen-bond donors (Lipinski definition) is 0. The summed E-state index contributed by atoms with van der Waals surface area (Å²) >= 11 is 0. The lowest BCUT2D eigenvalue weighted by atomic mass is 9.55. The zero-order valence-corrected chi connectivity index (χ0v) is 31.4. The van der Waals surface area contributed by atoms with Gasteiger partial charge in [0.25, 0.3) is 0 Å². The Bertz CT molecular complexity index is 2950. The highest BCUT2D eigenvalue weighted by atomic mass is 14.9. The summed E-state index contributed by atoms with van der Waals surface area (Å²) in [6.07, 6.45) is 0. The average Bonchev–Trinajstić information content (AvgIpc) is 3.56. The largest absolute Gasteiger partial charge is 0.228 e. The first kappa shape index (κ1) is 32.5. The predicted octanol–water partition coefficient (Wildman–Crippen LogP) is 13.3. The third-order valence-electron chi connectivity index (χ3n) is 12.4. The van der Waals surface area contributed by atoms with E-state index in [1.807, 2.05) is 6.07 Å². The Morgan fingerprint density at radius 3 is 1.48 bits per heavy atom. The van der Waals surface area contributed by atoms with Gasteiger partial charge >= 0.3 is 0 Å². The third kappa shape index (κ3) is 4.63. The summed E-state index contributed by atoms with van der Waals surface area (Å²) < 4.78 is 0. The van der Waals surface area contributed by atoms with Crippen molar-refractivity contribution < 1.29 is 0 Å². The molecule has 11 rings (SSSR count). The lowest BCUT2D eigenvalue weighted by Gasteiger charge is -2.46. The van der Waals surface area contributed by atoms with E-state index in [0.717, 1.165) is 28.1 Å². The number of nitrogens with zero attached hydrogens (tertiary/aromatic N) is 2. The molecule has 1 heterocycles. The SMILES string of the molecule is CC1(C)c2ccccc2C2(c3ccccc3-c3ccc(-c4cc(-c5ccc(-c6ccccc6)c6ccccc56)nc(-c5ccccc5)n4)cc32)c2ccccc21. The second kappa shape index (κ2) is 12.3. The zero-order chi connectivity index (χ0) is 37.4. The van der Waals surface area contributed by atoms with E-state index in [4.69, 9.17) is 9.97 Å². The molecule has 2 heteroatoms.